The van der Waals surface area contributed by atoms with Crippen LogP contribution < -0.4 is 44.3 Å². The summed E-state index contributed by atoms with van der Waals surface area (Å²) in [4.78, 5) is 30.7. The summed E-state index contributed by atoms with van der Waals surface area (Å²) in [6.07, 6.45) is 24.2. The number of anilines is 4. The van der Waals surface area contributed by atoms with Crippen molar-refractivity contribution in [1.82, 2.24) is 0 Å². The molecule has 0 aromatic heterocycles. The Bertz CT molecular complexity index is 6690. The molecular weight excluding hydrogens is 1610 g/mol. The van der Waals surface area contributed by atoms with Gasteiger partial charge in [-0.05, 0) is 242 Å². The second-order valence-corrected chi connectivity index (χ2v) is 38.3. The molecule has 11 aromatic carbocycles. The predicted octanol–water partition coefficient (Wildman–Crippen LogP) is 20.9. The van der Waals surface area contributed by atoms with Crippen LogP contribution in [0.1, 0.15) is 148 Å². The average Bonchev–Trinajstić information content (AvgIpc) is 1.58. The van der Waals surface area contributed by atoms with Crippen molar-refractivity contribution < 1.29 is 79.0 Å². The molecule has 0 fully saturated rings. The molecule has 0 unspecified atom stereocenters. The number of carbonyl (C=O) groups excluding carboxylic acids is 2. The number of likely N-dealkylation sites (N-methyl/N-ethyl adjacent to an activating group) is 1. The van der Waals surface area contributed by atoms with Gasteiger partial charge in [0.05, 0.1) is 32.9 Å². The molecular formula is C106H106ClN5NaO9S2+. The summed E-state index contributed by atoms with van der Waals surface area (Å²) in [5.74, 6) is -0.172. The number of halogens is 1. The van der Waals surface area contributed by atoms with Crippen LogP contribution in [0.2, 0.25) is 0 Å². The van der Waals surface area contributed by atoms with Crippen molar-refractivity contribution in [1.29, 1.82) is 0 Å². The van der Waals surface area contributed by atoms with E-state index in [9.17, 15) is 35.5 Å². The Hall–Kier alpha value is -10.6. The number of rotatable bonds is 18. The first-order valence-electron chi connectivity index (χ1n) is 42.3. The van der Waals surface area contributed by atoms with Crippen molar-refractivity contribution in [2.24, 2.45) is 0 Å². The van der Waals surface area contributed by atoms with Crippen LogP contribution in [0.3, 0.4) is 0 Å². The monoisotopic (exact) mass is 1710 g/mol. The van der Waals surface area contributed by atoms with Gasteiger partial charge in [0.2, 0.25) is 11.4 Å². The van der Waals surface area contributed by atoms with Crippen molar-refractivity contribution in [3.8, 4) is 0 Å². The second-order valence-electron chi connectivity index (χ2n) is 35.2. The third-order valence-corrected chi connectivity index (χ3v) is 27.7. The zero-order valence-electron chi connectivity index (χ0n) is 73.6. The van der Waals surface area contributed by atoms with Crippen molar-refractivity contribution >= 4 is 132 Å². The number of hydrogen-bond acceptors (Lipinski definition) is 12. The Morgan fingerprint density at radius 2 is 1.00 bits per heavy atom. The first kappa shape index (κ1) is 89.6. The van der Waals surface area contributed by atoms with Crippen molar-refractivity contribution in [3.05, 3.63) is 345 Å². The molecule has 0 saturated carbocycles. The molecule has 0 saturated heterocycles. The van der Waals surface area contributed by atoms with E-state index < -0.39 is 25.7 Å². The summed E-state index contributed by atoms with van der Waals surface area (Å²) < 4.78 is 77.7. The molecule has 124 heavy (non-hydrogen) atoms. The Balaban J connectivity index is 0.000000192. The number of nitrogens with zero attached hydrogens (tertiary/aromatic N) is 5. The molecule has 628 valence electrons. The predicted molar refractivity (Wildman–Crippen MR) is 501 cm³/mol. The Morgan fingerprint density at radius 3 is 1.65 bits per heavy atom. The van der Waals surface area contributed by atoms with Gasteiger partial charge in [-0.3, -0.25) is 4.79 Å². The Labute approximate surface area is 757 Å². The maximum atomic E-state index is 12.2. The summed E-state index contributed by atoms with van der Waals surface area (Å²) in [7, 11) is -4.54. The smallest absolute Gasteiger partial charge is 0.744 e. The average molecular weight is 1720 g/mol. The first-order chi connectivity index (χ1) is 58.5. The number of para-hydroxylation sites is 2. The molecule has 0 amide bonds. The van der Waals surface area contributed by atoms with Gasteiger partial charge in [-0.1, -0.05) is 208 Å². The van der Waals surface area contributed by atoms with Gasteiger partial charge in [0.1, 0.15) is 46.2 Å². The number of carbonyl (C=O) groups is 2. The number of aryl methyl sites for hydroxylation is 2. The van der Waals surface area contributed by atoms with Gasteiger partial charge in [0.25, 0.3) is 0 Å². The summed E-state index contributed by atoms with van der Waals surface area (Å²) in [5.41, 5.74) is 23.5. The van der Waals surface area contributed by atoms with E-state index in [-0.39, 0.29) is 74.0 Å². The van der Waals surface area contributed by atoms with Crippen LogP contribution in [0.5, 0.6) is 0 Å². The number of ketones is 1. The minimum Gasteiger partial charge on any atom is -0.744 e. The molecule has 18 heteroatoms. The fourth-order valence-corrected chi connectivity index (χ4v) is 20.9. The molecule has 17 rings (SSSR count). The van der Waals surface area contributed by atoms with Crippen molar-refractivity contribution in [2.45, 2.75) is 159 Å². The number of allylic oxidation sites excluding steroid dienone is 15. The molecule has 0 radical (unpaired) electrons. The zero-order chi connectivity index (χ0) is 87.4. The van der Waals surface area contributed by atoms with Gasteiger partial charge >= 0.3 is 35.5 Å². The van der Waals surface area contributed by atoms with E-state index in [1.54, 1.807) is 25.1 Å². The normalized spacial score (nSPS) is 18.1. The third kappa shape index (κ3) is 17.5. The molecule has 11 aromatic rings. The molecule has 14 nitrogen and oxygen atoms in total. The fraction of sp³-hybridized carbons (Fsp3) is 0.264. The molecule has 4 aliphatic heterocycles. The van der Waals surface area contributed by atoms with Gasteiger partial charge in [-0.15, -0.1) is 0 Å². The standard InChI is InChI=1S/C59H59N3O6S.C40H40ClN2.C7H8O3S.Na/c1-39-20-28-49-44(37-39)23-30-51-55(49)58(4,5)53(60(51)34-14-15-40(2)63)32-25-42-21-22-43(57(42)62(46-16-10-8-11-17-46)47-18-12-9-13-19-47)26-33-54-59(6,7)56-50-29-27-48(69(65,66)67)38-45(50)24-31-52(56)61(54)35-36-68-41(3)64;1-39(2)34(42(5)32-22-18-26-12-7-9-16-30(26)36(32)39)24-20-28-14-11-15-29(38(28)41)21-25-35-40(3,4)37-31-17-10-8-13-27(31)19-23-33(37)43(35)6;1-6-2-4-7(5-3-6)11(8,9)10;/h8-13,16-20,23-33,37-38H,14-15,21-22,34-36H2,1-7H3;7-10,12-13,16-25H,11,14-15H2,1-6H3;2-5H,1H3,(H,8,9,10);/q;+1;;+1/p-1. The maximum Gasteiger partial charge on any atom is 1.00 e. The molecule has 0 N–H and O–H groups in total. The van der Waals surface area contributed by atoms with Crippen molar-refractivity contribution in [2.75, 3.05) is 48.5 Å². The minimum atomic E-state index is -4.66. The number of esters is 1. The van der Waals surface area contributed by atoms with Crippen LogP contribution in [0.15, 0.2) is 321 Å². The van der Waals surface area contributed by atoms with E-state index in [4.69, 9.17) is 16.3 Å². The molecule has 0 bridgehead atoms. The van der Waals surface area contributed by atoms with Gasteiger partial charge in [-0.2, -0.15) is 9.15 Å². The van der Waals surface area contributed by atoms with Crippen LogP contribution in [0.4, 0.5) is 34.1 Å². The number of Topliss-reactive ketones (excluding diaryl/α,β-unsaturated/α-hetero) is 1. The van der Waals surface area contributed by atoms with Gasteiger partial charge in [0, 0.05) is 112 Å². The van der Waals surface area contributed by atoms with E-state index in [0.29, 0.717) is 18.4 Å². The molecule has 6 aliphatic rings. The van der Waals surface area contributed by atoms with E-state index in [2.05, 4.69) is 301 Å². The van der Waals surface area contributed by atoms with Crippen molar-refractivity contribution in [3.63, 3.8) is 0 Å². The maximum absolute atomic E-state index is 12.2. The summed E-state index contributed by atoms with van der Waals surface area (Å²) in [5, 5.41) is 10.1. The van der Waals surface area contributed by atoms with Gasteiger partial charge in [0.15, 0.2) is 11.4 Å². The number of hydrogen-bond donors (Lipinski definition) is 0. The zero-order valence-corrected chi connectivity index (χ0v) is 78.0. The summed E-state index contributed by atoms with van der Waals surface area (Å²) in [6.45, 7) is 26.6. The van der Waals surface area contributed by atoms with Gasteiger partial charge < -0.3 is 33.3 Å². The van der Waals surface area contributed by atoms with E-state index in [0.717, 1.165) is 101 Å². The first-order valence-corrected chi connectivity index (χ1v) is 45.5. The minimum absolute atomic E-state index is 0. The van der Waals surface area contributed by atoms with Crippen LogP contribution in [-0.4, -0.2) is 92.1 Å². The van der Waals surface area contributed by atoms with Crippen LogP contribution in [-0.2, 0) is 56.2 Å². The Morgan fingerprint density at radius 1 is 0.500 bits per heavy atom. The van der Waals surface area contributed by atoms with E-state index in [1.807, 2.05) is 31.2 Å². The van der Waals surface area contributed by atoms with Crippen LogP contribution in [0, 0.1) is 13.8 Å². The molecule has 2 aliphatic carbocycles. The van der Waals surface area contributed by atoms with Crippen LogP contribution in [0.25, 0.3) is 43.1 Å². The Kier molecular flexibility index (Phi) is 25.9. The van der Waals surface area contributed by atoms with E-state index in [1.165, 1.54) is 137 Å². The second kappa shape index (κ2) is 35.8. The quantitative estimate of drug-likeness (QED) is 0.0345. The van der Waals surface area contributed by atoms with E-state index >= 15 is 0 Å². The number of benzene rings is 11. The molecule has 0 spiro atoms. The van der Waals surface area contributed by atoms with Crippen LogP contribution >= 0.6 is 11.6 Å². The topological polar surface area (TPSA) is 174 Å². The third-order valence-electron chi connectivity index (χ3n) is 25.5. The van der Waals surface area contributed by atoms with Gasteiger partial charge in [-0.25, -0.2) is 16.8 Å². The molecule has 4 heterocycles. The number of ether oxygens (including phenoxy) is 1. The number of fused-ring (bicyclic) bond motifs is 12. The SMILES string of the molecule is CC(=O)CCC[N+]1=C(/C=C/C2=C(N(c3ccccc3)c3ccccc3)C(=C/C=C3/N(CCOC(C)=O)c4ccc5cc(S(=O)(=O)[O-])ccc5c4C3(C)C)/CC2)C(C)(C)c2c1ccc1cc(C)ccc21.CN1C(=CC=C2CCCC(C=CC3=[N+](C)c4ccc5ccccc5c4C3(C)C)=C2Cl)C(C)(C)c2c1ccc1ccccc21.Cc1ccc(S(=O)(=O)[O-])cc1.[Na+]. The largest absolute Gasteiger partial charge is 1.00 e. The summed E-state index contributed by atoms with van der Waals surface area (Å²) in [6, 6.07) is 72.8. The summed E-state index contributed by atoms with van der Waals surface area (Å²) >= 11 is 7.16. The molecule has 0 atom stereocenters. The fourth-order valence-electron chi connectivity index (χ4n) is 19.6.